The molecule has 15 heavy (non-hydrogen) atoms. The summed E-state index contributed by atoms with van der Waals surface area (Å²) >= 11 is 0. The molecule has 6 nitrogen and oxygen atoms in total. The van der Waals surface area contributed by atoms with Gasteiger partial charge in [0.2, 0.25) is 0 Å². The molecule has 0 heterocycles. The van der Waals surface area contributed by atoms with Crippen molar-refractivity contribution in [3.63, 3.8) is 0 Å². The molecule has 0 unspecified atom stereocenters. The minimum Gasteiger partial charge on any atom is -0.542 e. The van der Waals surface area contributed by atoms with E-state index in [1.165, 1.54) is 13.8 Å². The number of aliphatic carboxylic acids is 2. The van der Waals surface area contributed by atoms with E-state index in [2.05, 4.69) is 0 Å². The molecule has 0 aromatic rings. The zero-order valence-electron chi connectivity index (χ0n) is 8.57. The number of Topliss-reactive ketones (excluding diaryl/α,β-unsaturated/α-hetero) is 2. The van der Waals surface area contributed by atoms with E-state index in [9.17, 15) is 29.4 Å². The van der Waals surface area contributed by atoms with E-state index in [1.807, 2.05) is 0 Å². The predicted octanol–water partition coefficient (Wildman–Crippen LogP) is -2.95. The number of ketones is 2. The van der Waals surface area contributed by atoms with Gasteiger partial charge in [-0.05, 0) is 0 Å². The molecule has 0 N–H and O–H groups in total. The number of carbonyl (C=O) groups is 4. The van der Waals surface area contributed by atoms with Gasteiger partial charge in [0.1, 0.15) is 11.9 Å². The fourth-order valence-electron chi connectivity index (χ4n) is 0.289. The second kappa shape index (κ2) is 11.6. The molecule has 0 amide bonds. The molecule has 0 rings (SSSR count). The number of carboxylic acids is 2. The first-order chi connectivity index (χ1) is 6.36. The zero-order chi connectivity index (χ0) is 11.7. The fourth-order valence-corrected chi connectivity index (χ4v) is 0.289. The summed E-state index contributed by atoms with van der Waals surface area (Å²) in [6, 6.07) is 0. The van der Waals surface area contributed by atoms with Crippen LogP contribution in [0.15, 0.2) is 0 Å². The molecule has 0 spiro atoms. The van der Waals surface area contributed by atoms with Crippen LogP contribution in [0.4, 0.5) is 0 Å². The molecule has 0 aromatic heterocycles. The zero-order valence-corrected chi connectivity index (χ0v) is 10.8. The number of carbonyl (C=O) groups excluding carboxylic acids is 4. The second-order valence-electron chi connectivity index (χ2n) is 2.13. The third-order valence-corrected chi connectivity index (χ3v) is 1.10. The van der Waals surface area contributed by atoms with E-state index in [4.69, 9.17) is 0 Å². The van der Waals surface area contributed by atoms with Crippen molar-refractivity contribution in [3.05, 3.63) is 0 Å². The summed E-state index contributed by atoms with van der Waals surface area (Å²) in [5.41, 5.74) is 0. The minimum atomic E-state index is -1.59. The second-order valence-corrected chi connectivity index (χ2v) is 2.13. The van der Waals surface area contributed by atoms with Gasteiger partial charge in [0.25, 0.3) is 0 Å². The van der Waals surface area contributed by atoms with Crippen molar-refractivity contribution in [1.29, 1.82) is 0 Å². The van der Waals surface area contributed by atoms with Crippen LogP contribution < -0.4 is 10.2 Å². The molecule has 0 saturated heterocycles. The summed E-state index contributed by atoms with van der Waals surface area (Å²) in [7, 11) is 0. The Morgan fingerprint density at radius 3 is 1.00 bits per heavy atom. The maximum atomic E-state index is 9.85. The number of hydrogen-bond donors (Lipinski definition) is 0. The summed E-state index contributed by atoms with van der Waals surface area (Å²) < 4.78 is 0. The van der Waals surface area contributed by atoms with Crippen molar-refractivity contribution >= 4 is 61.2 Å². The maximum Gasteiger partial charge on any atom is 2.00 e. The average molecular weight is 242 g/mol. The third-order valence-electron chi connectivity index (χ3n) is 1.10. The van der Waals surface area contributed by atoms with E-state index in [-0.39, 0.29) is 50.6 Å². The van der Waals surface area contributed by atoms with Gasteiger partial charge in [-0.25, -0.2) is 0 Å². The molecule has 7 heteroatoms. The van der Waals surface area contributed by atoms with Gasteiger partial charge in [0.15, 0.2) is 11.6 Å². The van der Waals surface area contributed by atoms with E-state index in [1.54, 1.807) is 0 Å². The van der Waals surface area contributed by atoms with Crippen molar-refractivity contribution in [2.45, 2.75) is 26.7 Å². The van der Waals surface area contributed by atoms with Crippen molar-refractivity contribution < 1.29 is 29.4 Å². The number of hydrogen-bond acceptors (Lipinski definition) is 6. The van der Waals surface area contributed by atoms with Crippen molar-refractivity contribution in [2.24, 2.45) is 0 Å². The summed E-state index contributed by atoms with van der Waals surface area (Å²) in [5.74, 6) is -4.88. The number of carboxylic acid groups (broad SMARTS) is 2. The summed E-state index contributed by atoms with van der Waals surface area (Å²) in [4.78, 5) is 38.6. The third kappa shape index (κ3) is 13.5. The Kier molecular flexibility index (Phi) is 15.5. The van der Waals surface area contributed by atoms with Gasteiger partial charge in [-0.3, -0.25) is 9.59 Å². The largest absolute Gasteiger partial charge is 2.00 e. The van der Waals surface area contributed by atoms with Crippen LogP contribution in [0.2, 0.25) is 0 Å². The van der Waals surface area contributed by atoms with Crippen LogP contribution in [-0.2, 0) is 19.2 Å². The molecule has 0 radical (unpaired) electrons. The van der Waals surface area contributed by atoms with Crippen molar-refractivity contribution in [3.8, 4) is 0 Å². The van der Waals surface area contributed by atoms with Crippen LogP contribution in [-0.4, -0.2) is 61.2 Å². The molecular weight excluding hydrogens is 232 g/mol. The molecule has 0 aromatic carbocycles. The van der Waals surface area contributed by atoms with E-state index in [0.29, 0.717) is 0 Å². The maximum absolute atomic E-state index is 9.85. The Hall–Kier alpha value is -0.460. The van der Waals surface area contributed by atoms with Crippen LogP contribution >= 0.6 is 0 Å². The fraction of sp³-hybridized carbons (Fsp3) is 0.500. The normalized spacial score (nSPS) is 7.60. The molecule has 0 bridgehead atoms. The Bertz CT molecular complexity index is 222. The van der Waals surface area contributed by atoms with Crippen molar-refractivity contribution in [2.75, 3.05) is 0 Å². The quantitative estimate of drug-likeness (QED) is 0.384. The molecule has 80 valence electrons. The minimum absolute atomic E-state index is 0. The molecule has 0 saturated carbocycles. The first-order valence-electron chi connectivity index (χ1n) is 3.85. The van der Waals surface area contributed by atoms with Gasteiger partial charge < -0.3 is 19.8 Å². The van der Waals surface area contributed by atoms with E-state index < -0.39 is 23.5 Å². The van der Waals surface area contributed by atoms with Gasteiger partial charge in [-0.2, -0.15) is 0 Å². The summed E-state index contributed by atoms with van der Waals surface area (Å²) in [5, 5.41) is 18.9. The van der Waals surface area contributed by atoms with Crippen LogP contribution in [0.5, 0.6) is 0 Å². The Labute approximate surface area is 117 Å². The first kappa shape index (κ1) is 20.0. The average Bonchev–Trinajstić information content (AvgIpc) is 2.15. The first-order valence-corrected chi connectivity index (χ1v) is 3.85. The molecule has 0 aliphatic rings. The standard InChI is InChI=1S/2C4H6O3.Ca/c2*1-2-3(5)4(6)7;/h2*2H2,1H3,(H,6,7);/q;;+2/p-2. The Balaban J connectivity index is -0.000000180. The topological polar surface area (TPSA) is 114 Å². The van der Waals surface area contributed by atoms with Gasteiger partial charge >= 0.3 is 37.7 Å². The van der Waals surface area contributed by atoms with Gasteiger partial charge in [0, 0.05) is 12.8 Å². The molecule has 0 aliphatic heterocycles. The smallest absolute Gasteiger partial charge is 0.542 e. The SMILES string of the molecule is CCC(=O)C(=O)[O-].CCC(=O)C(=O)[O-].[Ca+2]. The monoisotopic (exact) mass is 242 g/mol. The Morgan fingerprint density at radius 2 is 1.00 bits per heavy atom. The number of rotatable bonds is 4. The van der Waals surface area contributed by atoms with Crippen LogP contribution in [0.3, 0.4) is 0 Å². The van der Waals surface area contributed by atoms with Crippen LogP contribution in [0.1, 0.15) is 26.7 Å². The molecule has 0 aliphatic carbocycles. The molecule has 0 fully saturated rings. The summed E-state index contributed by atoms with van der Waals surface area (Å²) in [6.45, 7) is 2.94. The summed E-state index contributed by atoms with van der Waals surface area (Å²) in [6.07, 6.45) is 0.0324. The Morgan fingerprint density at radius 1 is 0.800 bits per heavy atom. The molecular formula is C8H10CaO6. The predicted molar refractivity (Wildman–Crippen MR) is 46.4 cm³/mol. The van der Waals surface area contributed by atoms with Gasteiger partial charge in [0.05, 0.1) is 0 Å². The van der Waals surface area contributed by atoms with Crippen LogP contribution in [0, 0.1) is 0 Å². The van der Waals surface area contributed by atoms with Gasteiger partial charge in [-0.1, -0.05) is 13.8 Å². The van der Waals surface area contributed by atoms with E-state index in [0.717, 1.165) is 0 Å². The molecule has 0 atom stereocenters. The van der Waals surface area contributed by atoms with Crippen molar-refractivity contribution in [1.82, 2.24) is 0 Å². The van der Waals surface area contributed by atoms with E-state index >= 15 is 0 Å². The van der Waals surface area contributed by atoms with Gasteiger partial charge in [-0.15, -0.1) is 0 Å². The van der Waals surface area contributed by atoms with Crippen LogP contribution in [0.25, 0.3) is 0 Å².